The van der Waals surface area contributed by atoms with Gasteiger partial charge in [0.2, 0.25) is 0 Å². The Balaban J connectivity index is 2.70. The summed E-state index contributed by atoms with van der Waals surface area (Å²) in [6.07, 6.45) is -0.278. The van der Waals surface area contributed by atoms with Crippen molar-refractivity contribution in [3.63, 3.8) is 0 Å². The van der Waals surface area contributed by atoms with Crippen LogP contribution in [0.25, 0.3) is 0 Å². The number of carbonyl (C=O) groups excluding carboxylic acids is 2. The second kappa shape index (κ2) is 6.48. The molecule has 0 unspecified atom stereocenters. The zero-order chi connectivity index (χ0) is 13.5. The van der Waals surface area contributed by atoms with Crippen molar-refractivity contribution in [3.05, 3.63) is 18.2 Å². The molecule has 6 heteroatoms. The van der Waals surface area contributed by atoms with E-state index in [1.807, 2.05) is 0 Å². The molecule has 0 radical (unpaired) electrons. The summed E-state index contributed by atoms with van der Waals surface area (Å²) in [5.74, 6) is 0.152. The Morgan fingerprint density at radius 2 is 1.94 bits per heavy atom. The molecule has 0 saturated carbocycles. The zero-order valence-electron chi connectivity index (χ0n) is 10.5. The maximum Gasteiger partial charge on any atom is 0.339 e. The first-order chi connectivity index (χ1) is 8.56. The van der Waals surface area contributed by atoms with Crippen LogP contribution in [-0.2, 0) is 14.4 Å². The van der Waals surface area contributed by atoms with Gasteiger partial charge in [0.25, 0.3) is 0 Å². The van der Waals surface area contributed by atoms with Crippen molar-refractivity contribution >= 4 is 17.4 Å². The minimum absolute atomic E-state index is 0.264. The van der Waals surface area contributed by atoms with Crippen molar-refractivity contribution in [2.24, 2.45) is 0 Å². The van der Waals surface area contributed by atoms with Gasteiger partial charge in [-0.15, -0.1) is 0 Å². The van der Waals surface area contributed by atoms with E-state index in [0.29, 0.717) is 17.2 Å². The second-order valence-electron chi connectivity index (χ2n) is 3.52. The van der Waals surface area contributed by atoms with Crippen LogP contribution in [0, 0.1) is 0 Å². The molecule has 0 amide bonds. The van der Waals surface area contributed by atoms with Crippen LogP contribution in [0.2, 0.25) is 0 Å². The molecule has 0 aromatic heterocycles. The summed E-state index contributed by atoms with van der Waals surface area (Å²) in [6, 6.07) is 4.99. The molecule has 0 heterocycles. The van der Waals surface area contributed by atoms with Gasteiger partial charge in [0.15, 0.2) is 0 Å². The zero-order valence-corrected chi connectivity index (χ0v) is 10.5. The molecule has 0 bridgehead atoms. The normalized spacial score (nSPS) is 9.50. The monoisotopic (exact) mass is 253 g/mol. The standard InChI is InChI=1S/C12H15NO5/c1-8(14)6-12(15)18-13-10-7-9(16-2)4-5-11(10)17-3/h4-5,7,13H,6H2,1-3H3. The van der Waals surface area contributed by atoms with Gasteiger partial charge >= 0.3 is 5.97 Å². The molecule has 1 aromatic carbocycles. The van der Waals surface area contributed by atoms with Gasteiger partial charge in [-0.25, -0.2) is 10.3 Å². The van der Waals surface area contributed by atoms with Crippen LogP contribution in [0.5, 0.6) is 11.5 Å². The number of anilines is 1. The van der Waals surface area contributed by atoms with E-state index in [9.17, 15) is 9.59 Å². The first kappa shape index (κ1) is 13.8. The van der Waals surface area contributed by atoms with E-state index < -0.39 is 5.97 Å². The highest BCUT2D eigenvalue weighted by atomic mass is 16.7. The molecule has 98 valence electrons. The quantitative estimate of drug-likeness (QED) is 0.612. The van der Waals surface area contributed by atoms with Crippen LogP contribution >= 0.6 is 0 Å². The molecule has 1 aromatic rings. The van der Waals surface area contributed by atoms with E-state index in [-0.39, 0.29) is 12.2 Å². The summed E-state index contributed by atoms with van der Waals surface area (Å²) in [4.78, 5) is 26.7. The minimum Gasteiger partial charge on any atom is -0.497 e. The lowest BCUT2D eigenvalue weighted by molar-refractivity contribution is -0.143. The molecule has 6 nitrogen and oxygen atoms in total. The highest BCUT2D eigenvalue weighted by molar-refractivity contribution is 5.94. The van der Waals surface area contributed by atoms with Crippen molar-refractivity contribution < 1.29 is 23.9 Å². The number of rotatable bonds is 6. The average Bonchev–Trinajstić information content (AvgIpc) is 2.35. The van der Waals surface area contributed by atoms with Gasteiger partial charge in [0.05, 0.1) is 14.2 Å². The summed E-state index contributed by atoms with van der Waals surface area (Å²) in [6.45, 7) is 1.31. The summed E-state index contributed by atoms with van der Waals surface area (Å²) >= 11 is 0. The van der Waals surface area contributed by atoms with Crippen molar-refractivity contribution in [2.45, 2.75) is 13.3 Å². The Bertz CT molecular complexity index is 444. The largest absolute Gasteiger partial charge is 0.497 e. The molecular weight excluding hydrogens is 238 g/mol. The average molecular weight is 253 g/mol. The number of ketones is 1. The van der Waals surface area contributed by atoms with Crippen molar-refractivity contribution in [2.75, 3.05) is 19.7 Å². The Hall–Kier alpha value is -2.24. The molecule has 18 heavy (non-hydrogen) atoms. The highest BCUT2D eigenvalue weighted by Crippen LogP contribution is 2.28. The van der Waals surface area contributed by atoms with Gasteiger partial charge in [0, 0.05) is 6.07 Å². The van der Waals surface area contributed by atoms with Gasteiger partial charge in [-0.05, 0) is 19.1 Å². The van der Waals surface area contributed by atoms with Crippen LogP contribution < -0.4 is 15.0 Å². The number of Topliss-reactive ketones (excluding diaryl/α,β-unsaturated/α-hetero) is 1. The minimum atomic E-state index is -0.660. The molecular formula is C12H15NO5. The van der Waals surface area contributed by atoms with Gasteiger partial charge in [-0.2, -0.15) is 0 Å². The Morgan fingerprint density at radius 1 is 1.22 bits per heavy atom. The lowest BCUT2D eigenvalue weighted by Crippen LogP contribution is -2.13. The fourth-order valence-corrected chi connectivity index (χ4v) is 1.25. The number of hydrogen-bond acceptors (Lipinski definition) is 6. The SMILES string of the molecule is COc1ccc(OC)c(NOC(=O)CC(C)=O)c1. The van der Waals surface area contributed by atoms with Gasteiger partial charge in [-0.3, -0.25) is 4.79 Å². The van der Waals surface area contributed by atoms with Gasteiger partial charge in [-0.1, -0.05) is 0 Å². The highest BCUT2D eigenvalue weighted by Gasteiger charge is 2.10. The summed E-state index contributed by atoms with van der Waals surface area (Å²) in [5, 5.41) is 0. The molecule has 0 spiro atoms. The lowest BCUT2D eigenvalue weighted by Gasteiger charge is -2.11. The maximum atomic E-state index is 11.2. The molecule has 0 saturated heterocycles. The molecule has 0 fully saturated rings. The van der Waals surface area contributed by atoms with Crippen molar-refractivity contribution in [3.8, 4) is 11.5 Å². The van der Waals surface area contributed by atoms with E-state index in [0.717, 1.165) is 0 Å². The predicted molar refractivity (Wildman–Crippen MR) is 64.6 cm³/mol. The van der Waals surface area contributed by atoms with E-state index in [1.54, 1.807) is 18.2 Å². The third kappa shape index (κ3) is 3.97. The molecule has 0 atom stereocenters. The summed E-state index contributed by atoms with van der Waals surface area (Å²) in [7, 11) is 3.01. The topological polar surface area (TPSA) is 73.9 Å². The van der Waals surface area contributed by atoms with Crippen LogP contribution in [-0.4, -0.2) is 26.0 Å². The number of ether oxygens (including phenoxy) is 2. The third-order valence-electron chi connectivity index (χ3n) is 2.07. The fourth-order valence-electron chi connectivity index (χ4n) is 1.25. The van der Waals surface area contributed by atoms with Crippen molar-refractivity contribution in [1.29, 1.82) is 0 Å². The maximum absolute atomic E-state index is 11.2. The predicted octanol–water partition coefficient (Wildman–Crippen LogP) is 1.55. The van der Waals surface area contributed by atoms with Crippen LogP contribution in [0.4, 0.5) is 5.69 Å². The van der Waals surface area contributed by atoms with Crippen LogP contribution in [0.15, 0.2) is 18.2 Å². The number of nitrogens with one attached hydrogen (secondary N) is 1. The van der Waals surface area contributed by atoms with Crippen LogP contribution in [0.3, 0.4) is 0 Å². The van der Waals surface area contributed by atoms with E-state index in [1.165, 1.54) is 21.1 Å². The van der Waals surface area contributed by atoms with E-state index in [4.69, 9.17) is 14.3 Å². The summed E-state index contributed by atoms with van der Waals surface area (Å²) < 4.78 is 10.1. The third-order valence-corrected chi connectivity index (χ3v) is 2.07. The molecule has 0 aliphatic carbocycles. The van der Waals surface area contributed by atoms with Gasteiger partial charge < -0.3 is 14.3 Å². The van der Waals surface area contributed by atoms with E-state index >= 15 is 0 Å². The van der Waals surface area contributed by atoms with Gasteiger partial charge in [0.1, 0.15) is 29.4 Å². The molecule has 1 rings (SSSR count). The molecule has 1 N–H and O–H groups in total. The van der Waals surface area contributed by atoms with Crippen molar-refractivity contribution in [1.82, 2.24) is 0 Å². The van der Waals surface area contributed by atoms with E-state index in [2.05, 4.69) is 5.48 Å². The van der Waals surface area contributed by atoms with Crippen LogP contribution in [0.1, 0.15) is 13.3 Å². The Morgan fingerprint density at radius 3 is 2.50 bits per heavy atom. The first-order valence-electron chi connectivity index (χ1n) is 5.24. The summed E-state index contributed by atoms with van der Waals surface area (Å²) in [5.41, 5.74) is 2.88. The molecule has 0 aliphatic heterocycles. The number of hydrogen-bond donors (Lipinski definition) is 1. The fraction of sp³-hybridized carbons (Fsp3) is 0.333. The Kier molecular flexibility index (Phi) is 4.98. The lowest BCUT2D eigenvalue weighted by atomic mass is 10.3. The number of benzene rings is 1. The first-order valence-corrected chi connectivity index (χ1v) is 5.24. The number of carbonyl (C=O) groups is 2. The Labute approximate surface area is 105 Å². The number of methoxy groups -OCH3 is 2. The second-order valence-corrected chi connectivity index (χ2v) is 3.52. The smallest absolute Gasteiger partial charge is 0.339 e. The molecule has 0 aliphatic rings.